The Kier molecular flexibility index (Phi) is 5.26. The van der Waals surface area contributed by atoms with Crippen LogP contribution in [0.25, 0.3) is 0 Å². The molecule has 0 saturated heterocycles. The summed E-state index contributed by atoms with van der Waals surface area (Å²) in [4.78, 5) is 13.6. The normalized spacial score (nSPS) is 10.8. The van der Waals surface area contributed by atoms with Crippen molar-refractivity contribution < 1.29 is 13.6 Å². The highest BCUT2D eigenvalue weighted by Gasteiger charge is 2.25. The van der Waals surface area contributed by atoms with E-state index in [9.17, 15) is 13.6 Å². The average molecular weight is 320 g/mol. The molecule has 0 fully saturated rings. The zero-order chi connectivity index (χ0) is 13.9. The summed E-state index contributed by atoms with van der Waals surface area (Å²) < 4.78 is 27.5. The minimum Gasteiger partial charge on any atom is -0.335 e. The second kappa shape index (κ2) is 6.27. The molecule has 2 nitrogen and oxygen atoms in total. The molecule has 0 saturated carbocycles. The van der Waals surface area contributed by atoms with Gasteiger partial charge in [0.1, 0.15) is 17.2 Å². The summed E-state index contributed by atoms with van der Waals surface area (Å²) in [6.07, 6.45) is 0. The van der Waals surface area contributed by atoms with Gasteiger partial charge in [0.25, 0.3) is 5.91 Å². The van der Waals surface area contributed by atoms with Gasteiger partial charge in [-0.3, -0.25) is 4.79 Å². The molecule has 0 heterocycles. The highest BCUT2D eigenvalue weighted by molar-refractivity contribution is 9.09. The lowest BCUT2D eigenvalue weighted by molar-refractivity contribution is 0.0709. The third-order valence-electron chi connectivity index (χ3n) is 2.71. The maximum absolute atomic E-state index is 13.9. The highest BCUT2D eigenvalue weighted by Crippen LogP contribution is 2.19. The molecule has 0 atom stereocenters. The standard InChI is InChI=1S/C13H16BrF2NO/c1-8(2)17(7-6-14)13(18)11-10(15)5-4-9(3)12(11)16/h4-5,8H,6-7H2,1-3H3. The molecule has 100 valence electrons. The topological polar surface area (TPSA) is 20.3 Å². The van der Waals surface area contributed by atoms with Gasteiger partial charge in [-0.05, 0) is 32.4 Å². The Labute approximate surface area is 114 Å². The molecule has 1 aromatic rings. The summed E-state index contributed by atoms with van der Waals surface area (Å²) in [5.41, 5.74) is -0.202. The minimum absolute atomic E-state index is 0.116. The van der Waals surface area contributed by atoms with Crippen molar-refractivity contribution in [3.05, 3.63) is 34.9 Å². The van der Waals surface area contributed by atoms with Crippen LogP contribution in [0, 0.1) is 18.6 Å². The van der Waals surface area contributed by atoms with Crippen LogP contribution in [0.4, 0.5) is 8.78 Å². The predicted molar refractivity (Wildman–Crippen MR) is 71.1 cm³/mol. The molecule has 0 unspecified atom stereocenters. The monoisotopic (exact) mass is 319 g/mol. The van der Waals surface area contributed by atoms with Gasteiger partial charge < -0.3 is 4.90 Å². The molecule has 5 heteroatoms. The van der Waals surface area contributed by atoms with Gasteiger partial charge in [0, 0.05) is 17.9 Å². The second-order valence-electron chi connectivity index (χ2n) is 4.33. The molecule has 1 amide bonds. The van der Waals surface area contributed by atoms with Gasteiger partial charge in [-0.25, -0.2) is 8.78 Å². The van der Waals surface area contributed by atoms with Crippen LogP contribution in [-0.2, 0) is 0 Å². The smallest absolute Gasteiger partial charge is 0.260 e. The van der Waals surface area contributed by atoms with Crippen LogP contribution in [0.15, 0.2) is 12.1 Å². The number of nitrogens with zero attached hydrogens (tertiary/aromatic N) is 1. The molecule has 0 spiro atoms. The van der Waals surface area contributed by atoms with E-state index >= 15 is 0 Å². The predicted octanol–water partition coefficient (Wildman–Crippen LogP) is 3.52. The number of alkyl halides is 1. The lowest BCUT2D eigenvalue weighted by atomic mass is 10.1. The van der Waals surface area contributed by atoms with Crippen molar-refractivity contribution in [3.63, 3.8) is 0 Å². The van der Waals surface area contributed by atoms with Crippen LogP contribution >= 0.6 is 15.9 Å². The molecule has 0 aliphatic carbocycles. The molecule has 0 aliphatic rings. The van der Waals surface area contributed by atoms with E-state index in [0.717, 1.165) is 6.07 Å². The third-order valence-corrected chi connectivity index (χ3v) is 3.06. The van der Waals surface area contributed by atoms with Crippen molar-refractivity contribution in [2.24, 2.45) is 0 Å². The zero-order valence-corrected chi connectivity index (χ0v) is 12.2. The second-order valence-corrected chi connectivity index (χ2v) is 5.13. The van der Waals surface area contributed by atoms with Crippen molar-refractivity contribution in [2.45, 2.75) is 26.8 Å². The Morgan fingerprint density at radius 1 is 1.39 bits per heavy atom. The fraction of sp³-hybridized carbons (Fsp3) is 0.462. The number of hydrogen-bond donors (Lipinski definition) is 0. The molecular weight excluding hydrogens is 304 g/mol. The quantitative estimate of drug-likeness (QED) is 0.778. The molecule has 0 N–H and O–H groups in total. The third kappa shape index (κ3) is 3.07. The van der Waals surface area contributed by atoms with Crippen LogP contribution in [0.5, 0.6) is 0 Å². The molecule has 0 aliphatic heterocycles. The van der Waals surface area contributed by atoms with Crippen LogP contribution in [-0.4, -0.2) is 28.7 Å². The van der Waals surface area contributed by atoms with Crippen molar-refractivity contribution in [1.29, 1.82) is 0 Å². The van der Waals surface area contributed by atoms with Crippen molar-refractivity contribution in [2.75, 3.05) is 11.9 Å². The first kappa shape index (κ1) is 15.1. The maximum atomic E-state index is 13.9. The van der Waals surface area contributed by atoms with Crippen LogP contribution in [0.2, 0.25) is 0 Å². The summed E-state index contributed by atoms with van der Waals surface area (Å²) >= 11 is 3.23. The van der Waals surface area contributed by atoms with Gasteiger partial charge in [-0.2, -0.15) is 0 Å². The number of benzene rings is 1. The fourth-order valence-corrected chi connectivity index (χ4v) is 2.06. The first-order valence-corrected chi connectivity index (χ1v) is 6.83. The Balaban J connectivity index is 3.20. The van der Waals surface area contributed by atoms with Crippen molar-refractivity contribution in [1.82, 2.24) is 4.90 Å². The average Bonchev–Trinajstić information content (AvgIpc) is 2.30. The number of carbonyl (C=O) groups is 1. The van der Waals surface area contributed by atoms with Crippen LogP contribution < -0.4 is 0 Å². The van der Waals surface area contributed by atoms with E-state index in [1.807, 2.05) is 13.8 Å². The largest absolute Gasteiger partial charge is 0.335 e. The van der Waals surface area contributed by atoms with E-state index in [-0.39, 0.29) is 11.6 Å². The van der Waals surface area contributed by atoms with Gasteiger partial charge in [0.15, 0.2) is 0 Å². The number of carbonyl (C=O) groups excluding carboxylic acids is 1. The lowest BCUT2D eigenvalue weighted by Crippen LogP contribution is -2.39. The van der Waals surface area contributed by atoms with Crippen molar-refractivity contribution >= 4 is 21.8 Å². The maximum Gasteiger partial charge on any atom is 0.260 e. The Morgan fingerprint density at radius 3 is 2.50 bits per heavy atom. The van der Waals surface area contributed by atoms with E-state index in [1.165, 1.54) is 17.9 Å². The van der Waals surface area contributed by atoms with Gasteiger partial charge in [0.2, 0.25) is 0 Å². The van der Waals surface area contributed by atoms with E-state index in [4.69, 9.17) is 0 Å². The summed E-state index contributed by atoms with van der Waals surface area (Å²) in [5.74, 6) is -2.20. The fourth-order valence-electron chi connectivity index (χ4n) is 1.68. The summed E-state index contributed by atoms with van der Waals surface area (Å²) in [6, 6.07) is 2.33. The zero-order valence-electron chi connectivity index (χ0n) is 10.6. The molecular formula is C13H16BrF2NO. The Hall–Kier alpha value is -0.970. The molecule has 0 bridgehead atoms. The molecule has 0 radical (unpaired) electrons. The van der Waals surface area contributed by atoms with Gasteiger partial charge in [-0.1, -0.05) is 22.0 Å². The SMILES string of the molecule is Cc1ccc(F)c(C(=O)N(CCBr)C(C)C)c1F. The van der Waals surface area contributed by atoms with E-state index in [0.29, 0.717) is 11.9 Å². The summed E-state index contributed by atoms with van der Waals surface area (Å²) in [5, 5.41) is 0.561. The molecule has 0 aromatic heterocycles. The first-order valence-electron chi connectivity index (χ1n) is 5.71. The van der Waals surface area contributed by atoms with Gasteiger partial charge in [0.05, 0.1) is 0 Å². The minimum atomic E-state index is -0.816. The number of rotatable bonds is 4. The van der Waals surface area contributed by atoms with E-state index in [1.54, 1.807) is 0 Å². The van der Waals surface area contributed by atoms with E-state index in [2.05, 4.69) is 15.9 Å². The van der Waals surface area contributed by atoms with Crippen LogP contribution in [0.3, 0.4) is 0 Å². The summed E-state index contributed by atoms with van der Waals surface area (Å²) in [6.45, 7) is 5.54. The summed E-state index contributed by atoms with van der Waals surface area (Å²) in [7, 11) is 0. The van der Waals surface area contributed by atoms with Crippen molar-refractivity contribution in [3.8, 4) is 0 Å². The Morgan fingerprint density at radius 2 is 2.00 bits per heavy atom. The van der Waals surface area contributed by atoms with Gasteiger partial charge >= 0.3 is 0 Å². The lowest BCUT2D eigenvalue weighted by Gasteiger charge is -2.26. The Bertz CT molecular complexity index is 449. The number of halogens is 3. The number of hydrogen-bond acceptors (Lipinski definition) is 1. The van der Waals surface area contributed by atoms with Crippen LogP contribution in [0.1, 0.15) is 29.8 Å². The molecule has 18 heavy (non-hydrogen) atoms. The molecule has 1 rings (SSSR count). The number of aryl methyl sites for hydroxylation is 1. The highest BCUT2D eigenvalue weighted by atomic mass is 79.9. The number of amides is 1. The first-order chi connectivity index (χ1) is 8.40. The molecule has 1 aromatic carbocycles. The van der Waals surface area contributed by atoms with E-state index < -0.39 is 23.1 Å². The van der Waals surface area contributed by atoms with Gasteiger partial charge in [-0.15, -0.1) is 0 Å².